The van der Waals surface area contributed by atoms with Gasteiger partial charge in [-0.15, -0.1) is 0 Å². The lowest BCUT2D eigenvalue weighted by Gasteiger charge is -2.10. The van der Waals surface area contributed by atoms with Crippen LogP contribution in [0.2, 0.25) is 0 Å². The average molecular weight is 1030 g/mol. The highest BCUT2D eigenvalue weighted by atomic mass is 16.3. The molecule has 0 unspecified atom stereocenters. The smallest absolute Gasteiger partial charge is 0.248 e. The lowest BCUT2D eigenvalue weighted by Crippen LogP contribution is -2.11. The van der Waals surface area contributed by atoms with Crippen LogP contribution in [0.5, 0.6) is 0 Å². The fourth-order valence-corrected chi connectivity index (χ4v) is 8.37. The largest absolute Gasteiger partial charge is 0.461 e. The number of anilines is 3. The zero-order chi connectivity index (χ0) is 56.5. The van der Waals surface area contributed by atoms with Gasteiger partial charge in [0.2, 0.25) is 5.91 Å². The number of H-pyrrole nitrogens is 1. The molecule has 77 heavy (non-hydrogen) atoms. The van der Waals surface area contributed by atoms with Crippen molar-refractivity contribution in [3.05, 3.63) is 202 Å². The van der Waals surface area contributed by atoms with Crippen LogP contribution in [0.1, 0.15) is 174 Å². The second-order valence-corrected chi connectivity index (χ2v) is 21.2. The van der Waals surface area contributed by atoms with Gasteiger partial charge in [-0.2, -0.15) is 0 Å². The molecule has 0 bridgehead atoms. The van der Waals surface area contributed by atoms with Crippen molar-refractivity contribution in [1.29, 1.82) is 0 Å². The first-order chi connectivity index (χ1) is 36.6. The molecule has 0 saturated carbocycles. The summed E-state index contributed by atoms with van der Waals surface area (Å²) in [5.74, 6) is 5.54. The van der Waals surface area contributed by atoms with E-state index < -0.39 is 0 Å². The Hall–Kier alpha value is -8.02. The van der Waals surface area contributed by atoms with E-state index in [2.05, 4.69) is 182 Å². The van der Waals surface area contributed by atoms with Crippen LogP contribution in [0.25, 0.3) is 43.5 Å². The fraction of sp³-hybridized carbons (Fsp3) is 0.303. The van der Waals surface area contributed by atoms with Gasteiger partial charge in [-0.25, -0.2) is 15.0 Å². The molecule has 0 saturated heterocycles. The molecule has 4 aromatic heterocycles. The van der Waals surface area contributed by atoms with E-state index in [0.717, 1.165) is 38.7 Å². The van der Waals surface area contributed by atoms with Crippen LogP contribution in [0, 0.1) is 6.92 Å². The highest BCUT2D eigenvalue weighted by molar-refractivity contribution is 5.94. The number of primary amides is 1. The number of aryl methyl sites for hydroxylation is 1. The average Bonchev–Trinajstić information content (AvgIpc) is 3.99. The van der Waals surface area contributed by atoms with Crippen molar-refractivity contribution in [3.8, 4) is 0 Å². The summed E-state index contributed by atoms with van der Waals surface area (Å²) in [7, 11) is 0. The third-order valence-corrected chi connectivity index (χ3v) is 13.2. The molecule has 0 aliphatic heterocycles. The molecule has 404 valence electrons. The Labute approximate surface area is 457 Å². The van der Waals surface area contributed by atoms with Crippen molar-refractivity contribution in [2.75, 3.05) is 17.2 Å². The monoisotopic (exact) mass is 1030 g/mol. The summed E-state index contributed by atoms with van der Waals surface area (Å²) >= 11 is 0. The number of aromatic amines is 1. The van der Waals surface area contributed by atoms with Crippen LogP contribution < -0.4 is 28.7 Å². The van der Waals surface area contributed by atoms with Gasteiger partial charge in [0, 0.05) is 40.7 Å². The number of benzene rings is 6. The first-order valence-electron chi connectivity index (χ1n) is 26.8. The van der Waals surface area contributed by atoms with Crippen molar-refractivity contribution >= 4 is 67.0 Å². The van der Waals surface area contributed by atoms with Gasteiger partial charge in [0.05, 0.1) is 11.0 Å². The predicted molar refractivity (Wildman–Crippen MR) is 328 cm³/mol. The number of hydrogen-bond donors (Lipinski definition) is 6. The number of nitrogens with zero attached hydrogens (tertiary/aromatic N) is 3. The number of carbonyl (C=O) groups is 1. The summed E-state index contributed by atoms with van der Waals surface area (Å²) in [6.45, 7) is 28.6. The molecule has 0 fully saturated rings. The summed E-state index contributed by atoms with van der Waals surface area (Å²) in [4.78, 5) is 26.1. The van der Waals surface area contributed by atoms with Crippen molar-refractivity contribution in [2.24, 2.45) is 11.5 Å². The Bertz CT molecular complexity index is 3370. The normalized spacial score (nSPS) is 11.0. The topological polar surface area (TPSA) is 215 Å². The molecule has 0 radical (unpaired) electrons. The molecule has 11 N–H and O–H groups in total. The predicted octanol–water partition coefficient (Wildman–Crippen LogP) is 16.2. The van der Waals surface area contributed by atoms with E-state index in [1.807, 2.05) is 61.5 Å². The van der Waals surface area contributed by atoms with Crippen molar-refractivity contribution in [2.45, 2.75) is 132 Å². The number of hydrogen-bond acceptors (Lipinski definition) is 9. The van der Waals surface area contributed by atoms with E-state index in [1.165, 1.54) is 49.5 Å². The number of rotatable bonds is 8. The molecule has 0 aliphatic rings. The van der Waals surface area contributed by atoms with Gasteiger partial charge in [-0.05, 0) is 141 Å². The lowest BCUT2D eigenvalue weighted by molar-refractivity contribution is 0.1000. The number of furan rings is 1. The van der Waals surface area contributed by atoms with Crippen LogP contribution in [0.3, 0.4) is 0 Å². The number of carbonyl (C=O) groups excluding carboxylic acids is 1. The summed E-state index contributed by atoms with van der Waals surface area (Å²) in [6.07, 6.45) is 3.52. The van der Waals surface area contributed by atoms with Gasteiger partial charge in [0.25, 0.3) is 0 Å². The van der Waals surface area contributed by atoms with Crippen LogP contribution in [0.15, 0.2) is 156 Å². The van der Waals surface area contributed by atoms with Gasteiger partial charge in [-0.3, -0.25) is 4.79 Å². The highest BCUT2D eigenvalue weighted by Crippen LogP contribution is 2.28. The second kappa shape index (κ2) is 28.2. The lowest BCUT2D eigenvalue weighted by atomic mass is 9.97. The number of nitrogens with one attached hydrogen (secondary N) is 1. The Morgan fingerprint density at radius 2 is 1.06 bits per heavy atom. The van der Waals surface area contributed by atoms with Crippen LogP contribution in [0.4, 0.5) is 17.6 Å². The molecule has 4 heterocycles. The Morgan fingerprint density at radius 3 is 1.68 bits per heavy atom. The molecule has 11 heteroatoms. The molecule has 0 spiro atoms. The molecule has 1 amide bonds. The number of amides is 1. The summed E-state index contributed by atoms with van der Waals surface area (Å²) in [5, 5.41) is 5.68. The van der Waals surface area contributed by atoms with E-state index in [9.17, 15) is 4.79 Å². The van der Waals surface area contributed by atoms with Crippen molar-refractivity contribution < 1.29 is 9.21 Å². The Kier molecular flexibility index (Phi) is 21.9. The van der Waals surface area contributed by atoms with Crippen LogP contribution in [-0.4, -0.2) is 25.8 Å². The number of nitrogens with two attached hydrogens (primary N) is 5. The quantitative estimate of drug-likeness (QED) is 0.0852. The van der Waals surface area contributed by atoms with Gasteiger partial charge in [-0.1, -0.05) is 174 Å². The summed E-state index contributed by atoms with van der Waals surface area (Å²) in [5.41, 5.74) is 40.3. The van der Waals surface area contributed by atoms with Gasteiger partial charge >= 0.3 is 0 Å². The first-order valence-corrected chi connectivity index (χ1v) is 26.8. The Morgan fingerprint density at radius 1 is 0.519 bits per heavy atom. The molecule has 0 aliphatic carbocycles. The summed E-state index contributed by atoms with van der Waals surface area (Å²) < 4.78 is 5.56. The molecule has 10 aromatic rings. The van der Waals surface area contributed by atoms with Crippen molar-refractivity contribution in [3.63, 3.8) is 0 Å². The summed E-state index contributed by atoms with van der Waals surface area (Å²) in [6, 6.07) is 47.2. The van der Waals surface area contributed by atoms with E-state index in [4.69, 9.17) is 33.1 Å². The van der Waals surface area contributed by atoms with E-state index in [-0.39, 0.29) is 5.91 Å². The molecule has 10 rings (SSSR count). The first kappa shape index (κ1) is 59.9. The standard InChI is InChI=1S/2C12H14N2.C12H14O.C10H13N3.C10H13NO.C10H15N/c1-8(2)9-3-4-11-10(7-9)5-6-14-12(11)13;1-8(2)9-4-3-5-11-10(9)6-7-14-12(11)13;1-8(2)10-4-5-11-6-9(3)13-12(11)7-10;1-6(2)7-3-4-8-9(5-7)13-10(11)12-8;1-7(2)8-4-3-5-9(6-8)10(11)12;1-8(2)10-5-3-9(7-11)4-6-10/h2*3-8H,1-2H3,(H2,13,14);4-8H,1-3H3;3-6H,1-2H3,(H3,11,12,13);3-7H,1-2H3,(H2,11,12);3-6,8H,7,11H2,1-2H3. The van der Waals surface area contributed by atoms with Gasteiger partial charge < -0.3 is 38.1 Å². The molecule has 11 nitrogen and oxygen atoms in total. The van der Waals surface area contributed by atoms with Gasteiger partial charge in [0.15, 0.2) is 5.95 Å². The van der Waals surface area contributed by atoms with Crippen LogP contribution in [-0.2, 0) is 6.54 Å². The third kappa shape index (κ3) is 17.3. The second-order valence-electron chi connectivity index (χ2n) is 21.2. The minimum atomic E-state index is -0.363. The molecule has 6 aromatic carbocycles. The highest BCUT2D eigenvalue weighted by Gasteiger charge is 2.09. The number of pyridine rings is 2. The number of fused-ring (bicyclic) bond motifs is 4. The minimum absolute atomic E-state index is 0.363. The van der Waals surface area contributed by atoms with Crippen molar-refractivity contribution in [1.82, 2.24) is 19.9 Å². The minimum Gasteiger partial charge on any atom is -0.461 e. The Balaban J connectivity index is 0.000000171. The van der Waals surface area contributed by atoms with Gasteiger partial charge in [0.1, 0.15) is 23.0 Å². The third-order valence-electron chi connectivity index (χ3n) is 13.2. The maximum atomic E-state index is 10.8. The zero-order valence-corrected chi connectivity index (χ0v) is 47.6. The van der Waals surface area contributed by atoms with Crippen LogP contribution >= 0.6 is 0 Å². The molecular weight excluding hydrogens is 951 g/mol. The number of aromatic nitrogens is 4. The molecular formula is C66H83N9O2. The van der Waals surface area contributed by atoms with E-state index >= 15 is 0 Å². The number of imidazole rings is 1. The number of nitrogen functional groups attached to an aromatic ring is 3. The molecule has 0 atom stereocenters. The SMILES string of the molecule is CC(C)c1ccc(CN)cc1.CC(C)c1ccc2c(N)nccc2c1.CC(C)c1ccc2nc(N)[nH]c2c1.CC(C)c1cccc(C(N)=O)c1.CC(C)c1cccc2c(N)nccc12.Cc1cc2ccc(C(C)C)cc2o1. The van der Waals surface area contributed by atoms with E-state index in [0.29, 0.717) is 65.2 Å². The zero-order valence-electron chi connectivity index (χ0n) is 47.6. The maximum absolute atomic E-state index is 10.8. The van der Waals surface area contributed by atoms with E-state index in [1.54, 1.807) is 18.5 Å². The fourth-order valence-electron chi connectivity index (χ4n) is 8.37. The maximum Gasteiger partial charge on any atom is 0.248 e.